The fourth-order valence-corrected chi connectivity index (χ4v) is 3.08. The van der Waals surface area contributed by atoms with Crippen LogP contribution < -0.4 is 5.32 Å². The third-order valence-electron chi connectivity index (χ3n) is 4.35. The van der Waals surface area contributed by atoms with E-state index in [1.807, 2.05) is 48.3 Å². The molecule has 1 fully saturated rings. The third kappa shape index (κ3) is 4.71. The minimum absolute atomic E-state index is 0.0802. The Kier molecular flexibility index (Phi) is 5.41. The first kappa shape index (κ1) is 17.2. The monoisotopic (exact) mass is 390 g/mol. The number of likely N-dealkylation sites (N-methyl/N-ethyl adjacent to an activating group) is 1. The number of halogens is 1. The van der Waals surface area contributed by atoms with Crippen LogP contribution in [-0.4, -0.2) is 30.4 Å². The molecule has 1 heterocycles. The summed E-state index contributed by atoms with van der Waals surface area (Å²) in [5.74, 6) is 2.46. The van der Waals surface area contributed by atoms with Crippen molar-refractivity contribution in [3.8, 4) is 11.3 Å². The van der Waals surface area contributed by atoms with Crippen LogP contribution in [-0.2, 0) is 11.3 Å². The summed E-state index contributed by atoms with van der Waals surface area (Å²) in [6, 6.07) is 12.3. The highest BCUT2D eigenvalue weighted by Gasteiger charge is 2.28. The largest absolute Gasteiger partial charge is 0.460 e. The van der Waals surface area contributed by atoms with Crippen LogP contribution in [0.5, 0.6) is 0 Å². The number of benzene rings is 1. The molecule has 1 aliphatic carbocycles. The average Bonchev–Trinajstić information content (AvgIpc) is 3.28. The first-order valence-corrected chi connectivity index (χ1v) is 9.13. The lowest BCUT2D eigenvalue weighted by atomic mass is 10.2. The molecule has 5 heteroatoms. The standard InChI is InChI=1S/C19H23BrN2O2/c1-13(14-3-4-14)21-19(23)12-22(2)11-17-9-10-18(24-17)15-5-7-16(20)8-6-15/h5-10,13-14H,3-4,11-12H2,1-2H3,(H,21,23)/t13-/m0/s1. The van der Waals surface area contributed by atoms with Crippen molar-refractivity contribution < 1.29 is 9.21 Å². The van der Waals surface area contributed by atoms with Gasteiger partial charge >= 0.3 is 0 Å². The summed E-state index contributed by atoms with van der Waals surface area (Å²) in [7, 11) is 1.93. The predicted molar refractivity (Wildman–Crippen MR) is 98.5 cm³/mol. The molecule has 1 aromatic heterocycles. The van der Waals surface area contributed by atoms with Crippen molar-refractivity contribution in [1.29, 1.82) is 0 Å². The number of amides is 1. The van der Waals surface area contributed by atoms with Crippen molar-refractivity contribution in [3.63, 3.8) is 0 Å². The minimum atomic E-state index is 0.0802. The summed E-state index contributed by atoms with van der Waals surface area (Å²) in [5.41, 5.74) is 1.04. The van der Waals surface area contributed by atoms with Gasteiger partial charge in [0.15, 0.2) is 0 Å². The van der Waals surface area contributed by atoms with E-state index in [9.17, 15) is 4.79 Å². The quantitative estimate of drug-likeness (QED) is 0.775. The minimum Gasteiger partial charge on any atom is -0.460 e. The lowest BCUT2D eigenvalue weighted by Gasteiger charge is -2.17. The van der Waals surface area contributed by atoms with Crippen molar-refractivity contribution >= 4 is 21.8 Å². The fraction of sp³-hybridized carbons (Fsp3) is 0.421. The zero-order valence-corrected chi connectivity index (χ0v) is 15.7. The smallest absolute Gasteiger partial charge is 0.234 e. The zero-order chi connectivity index (χ0) is 17.1. The van der Waals surface area contributed by atoms with Gasteiger partial charge in [-0.25, -0.2) is 0 Å². The van der Waals surface area contributed by atoms with Gasteiger partial charge in [0.25, 0.3) is 0 Å². The number of hydrogen-bond acceptors (Lipinski definition) is 3. The Morgan fingerprint density at radius 1 is 1.29 bits per heavy atom. The lowest BCUT2D eigenvalue weighted by molar-refractivity contribution is -0.122. The maximum Gasteiger partial charge on any atom is 0.234 e. The van der Waals surface area contributed by atoms with Gasteiger partial charge in [-0.2, -0.15) is 0 Å². The number of nitrogens with one attached hydrogen (secondary N) is 1. The highest BCUT2D eigenvalue weighted by molar-refractivity contribution is 9.10. The Balaban J connectivity index is 1.52. The maximum absolute atomic E-state index is 12.1. The van der Waals surface area contributed by atoms with Crippen LogP contribution in [0, 0.1) is 5.92 Å². The number of carbonyl (C=O) groups excluding carboxylic acids is 1. The highest BCUT2D eigenvalue weighted by atomic mass is 79.9. The molecule has 0 spiro atoms. The van der Waals surface area contributed by atoms with Crippen LogP contribution in [0.3, 0.4) is 0 Å². The van der Waals surface area contributed by atoms with E-state index in [-0.39, 0.29) is 5.91 Å². The Morgan fingerprint density at radius 3 is 2.67 bits per heavy atom. The summed E-state index contributed by atoms with van der Waals surface area (Å²) >= 11 is 3.43. The van der Waals surface area contributed by atoms with E-state index < -0.39 is 0 Å². The molecule has 0 unspecified atom stereocenters. The zero-order valence-electron chi connectivity index (χ0n) is 14.1. The molecule has 1 amide bonds. The first-order chi connectivity index (χ1) is 11.5. The van der Waals surface area contributed by atoms with Gasteiger partial charge in [-0.1, -0.05) is 28.1 Å². The molecule has 3 rings (SSSR count). The van der Waals surface area contributed by atoms with Gasteiger partial charge in [0.05, 0.1) is 13.1 Å². The van der Waals surface area contributed by atoms with E-state index in [1.54, 1.807) is 0 Å². The summed E-state index contributed by atoms with van der Waals surface area (Å²) in [5, 5.41) is 3.08. The van der Waals surface area contributed by atoms with Gasteiger partial charge in [-0.15, -0.1) is 0 Å². The van der Waals surface area contributed by atoms with Crippen LogP contribution in [0.4, 0.5) is 0 Å². The molecular formula is C19H23BrN2O2. The number of carbonyl (C=O) groups is 1. The second-order valence-corrected chi connectivity index (χ2v) is 7.55. The Bertz CT molecular complexity index is 692. The van der Waals surface area contributed by atoms with Gasteiger partial charge in [0.1, 0.15) is 11.5 Å². The molecule has 128 valence electrons. The number of hydrogen-bond donors (Lipinski definition) is 1. The van der Waals surface area contributed by atoms with Crippen LogP contribution >= 0.6 is 15.9 Å². The Hall–Kier alpha value is -1.59. The maximum atomic E-state index is 12.1. The van der Waals surface area contributed by atoms with E-state index in [2.05, 4.69) is 28.2 Å². The van der Waals surface area contributed by atoms with Crippen LogP contribution in [0.15, 0.2) is 45.3 Å². The normalized spacial score (nSPS) is 15.5. The fourth-order valence-electron chi connectivity index (χ4n) is 2.81. The van der Waals surface area contributed by atoms with Crippen LogP contribution in [0.1, 0.15) is 25.5 Å². The van der Waals surface area contributed by atoms with Crippen molar-refractivity contribution in [2.45, 2.75) is 32.4 Å². The van der Waals surface area contributed by atoms with E-state index in [1.165, 1.54) is 12.8 Å². The van der Waals surface area contributed by atoms with Crippen LogP contribution in [0.2, 0.25) is 0 Å². The molecule has 1 aromatic carbocycles. The van der Waals surface area contributed by atoms with Gasteiger partial charge in [0, 0.05) is 16.1 Å². The Morgan fingerprint density at radius 2 is 2.00 bits per heavy atom. The average molecular weight is 391 g/mol. The molecule has 0 saturated heterocycles. The second-order valence-electron chi connectivity index (χ2n) is 6.64. The molecule has 0 bridgehead atoms. The van der Waals surface area contributed by atoms with Gasteiger partial charge in [-0.05, 0) is 57.0 Å². The van der Waals surface area contributed by atoms with E-state index in [0.29, 0.717) is 25.0 Å². The molecule has 0 aliphatic heterocycles. The van der Waals surface area contributed by atoms with Crippen molar-refractivity contribution in [1.82, 2.24) is 10.2 Å². The molecule has 2 aromatic rings. The topological polar surface area (TPSA) is 45.5 Å². The van der Waals surface area contributed by atoms with Gasteiger partial charge in [-0.3, -0.25) is 9.69 Å². The van der Waals surface area contributed by atoms with E-state index in [4.69, 9.17) is 4.42 Å². The summed E-state index contributed by atoms with van der Waals surface area (Å²) in [4.78, 5) is 14.0. The second kappa shape index (κ2) is 7.53. The SMILES string of the molecule is C[C@H](NC(=O)CN(C)Cc1ccc(-c2ccc(Br)cc2)o1)C1CC1. The number of furan rings is 1. The van der Waals surface area contributed by atoms with Crippen molar-refractivity contribution in [3.05, 3.63) is 46.6 Å². The molecule has 1 saturated carbocycles. The molecule has 24 heavy (non-hydrogen) atoms. The molecule has 1 aliphatic rings. The predicted octanol–water partition coefficient (Wildman–Crippen LogP) is 4.06. The Labute approximate surface area is 151 Å². The van der Waals surface area contributed by atoms with Crippen LogP contribution in [0.25, 0.3) is 11.3 Å². The highest BCUT2D eigenvalue weighted by Crippen LogP contribution is 2.32. The van der Waals surface area contributed by atoms with Gasteiger partial charge in [0.2, 0.25) is 5.91 Å². The van der Waals surface area contributed by atoms with Crippen molar-refractivity contribution in [2.24, 2.45) is 5.92 Å². The molecule has 1 atom stereocenters. The van der Waals surface area contributed by atoms with Gasteiger partial charge < -0.3 is 9.73 Å². The lowest BCUT2D eigenvalue weighted by Crippen LogP contribution is -2.40. The number of rotatable bonds is 7. The van der Waals surface area contributed by atoms with E-state index in [0.717, 1.165) is 21.6 Å². The molecule has 4 nitrogen and oxygen atoms in total. The molecular weight excluding hydrogens is 368 g/mol. The third-order valence-corrected chi connectivity index (χ3v) is 4.88. The summed E-state index contributed by atoms with van der Waals surface area (Å²) in [6.07, 6.45) is 2.48. The molecule has 1 N–H and O–H groups in total. The summed E-state index contributed by atoms with van der Waals surface area (Å²) in [6.45, 7) is 3.08. The first-order valence-electron chi connectivity index (χ1n) is 8.34. The molecule has 0 radical (unpaired) electrons. The summed E-state index contributed by atoms with van der Waals surface area (Å²) < 4.78 is 6.95. The van der Waals surface area contributed by atoms with E-state index >= 15 is 0 Å². The number of nitrogens with zero attached hydrogens (tertiary/aromatic N) is 1. The van der Waals surface area contributed by atoms with Crippen molar-refractivity contribution in [2.75, 3.05) is 13.6 Å².